The Morgan fingerprint density at radius 1 is 1.24 bits per heavy atom. The summed E-state index contributed by atoms with van der Waals surface area (Å²) in [5, 5.41) is 2.59. The van der Waals surface area contributed by atoms with Crippen molar-refractivity contribution in [3.05, 3.63) is 0 Å². The number of nitrogens with two attached hydrogens (primary N) is 1. The molecule has 100 valence electrons. The van der Waals surface area contributed by atoms with Gasteiger partial charge in [0.05, 0.1) is 0 Å². The molecule has 3 N–H and O–H groups in total. The minimum Gasteiger partial charge on any atom is -0.372 e. The lowest BCUT2D eigenvalue weighted by atomic mass is 10.1. The van der Waals surface area contributed by atoms with Crippen LogP contribution < -0.4 is 11.1 Å². The van der Waals surface area contributed by atoms with Crippen LogP contribution in [0.2, 0.25) is 0 Å². The summed E-state index contributed by atoms with van der Waals surface area (Å²) >= 11 is 0. The number of rotatable bonds is 10. The summed E-state index contributed by atoms with van der Waals surface area (Å²) in [6, 6.07) is -0.570. The van der Waals surface area contributed by atoms with E-state index in [1.54, 1.807) is 0 Å². The Balaban J connectivity index is 3.89. The van der Waals surface area contributed by atoms with Crippen molar-refractivity contribution in [2.45, 2.75) is 52.0 Å². The van der Waals surface area contributed by atoms with Gasteiger partial charge in [0.15, 0.2) is 0 Å². The first-order valence-electron chi connectivity index (χ1n) is 6.28. The highest BCUT2D eigenvalue weighted by Crippen LogP contribution is 2.05. The maximum absolute atomic E-state index is 11.4. The molecule has 5 heteroatoms. The molecule has 1 atom stereocenters. The second-order valence-electron chi connectivity index (χ2n) is 4.01. The van der Waals surface area contributed by atoms with E-state index in [0.717, 1.165) is 25.7 Å². The van der Waals surface area contributed by atoms with Crippen LogP contribution in [0.3, 0.4) is 0 Å². The van der Waals surface area contributed by atoms with Gasteiger partial charge in [0.2, 0.25) is 11.8 Å². The Bertz CT molecular complexity index is 232. The van der Waals surface area contributed by atoms with E-state index in [9.17, 15) is 9.59 Å². The van der Waals surface area contributed by atoms with Crippen molar-refractivity contribution < 1.29 is 14.3 Å². The van der Waals surface area contributed by atoms with Gasteiger partial charge in [-0.05, 0) is 13.3 Å². The molecule has 0 saturated carbocycles. The van der Waals surface area contributed by atoms with Gasteiger partial charge in [-0.15, -0.1) is 0 Å². The summed E-state index contributed by atoms with van der Waals surface area (Å²) in [5.74, 6) is -0.766. The van der Waals surface area contributed by atoms with Crippen molar-refractivity contribution in [2.24, 2.45) is 5.73 Å². The molecule has 0 aliphatic heterocycles. The van der Waals surface area contributed by atoms with E-state index >= 15 is 0 Å². The zero-order valence-corrected chi connectivity index (χ0v) is 10.8. The number of carbonyl (C=O) groups excluding carboxylic acids is 2. The Hall–Kier alpha value is -1.10. The van der Waals surface area contributed by atoms with Gasteiger partial charge in [-0.2, -0.15) is 0 Å². The summed E-state index contributed by atoms with van der Waals surface area (Å²) in [6.07, 6.45) is 4.83. The Morgan fingerprint density at radius 3 is 2.47 bits per heavy atom. The van der Waals surface area contributed by atoms with E-state index in [2.05, 4.69) is 12.2 Å². The van der Waals surface area contributed by atoms with Crippen molar-refractivity contribution in [1.82, 2.24) is 5.32 Å². The number of unbranched alkanes of at least 4 members (excludes halogenated alkanes) is 3. The smallest absolute Gasteiger partial charge is 0.246 e. The molecule has 5 nitrogen and oxygen atoms in total. The van der Waals surface area contributed by atoms with Crippen molar-refractivity contribution in [1.29, 1.82) is 0 Å². The third-order valence-electron chi connectivity index (χ3n) is 2.46. The first-order chi connectivity index (χ1) is 8.11. The van der Waals surface area contributed by atoms with Gasteiger partial charge < -0.3 is 15.8 Å². The molecule has 0 aromatic rings. The van der Waals surface area contributed by atoms with Crippen LogP contribution in [0, 0.1) is 0 Å². The van der Waals surface area contributed by atoms with Crippen LogP contribution in [0.4, 0.5) is 0 Å². The van der Waals surface area contributed by atoms with E-state index in [1.807, 2.05) is 6.92 Å². The zero-order chi connectivity index (χ0) is 13.1. The maximum atomic E-state index is 11.4. The van der Waals surface area contributed by atoms with Gasteiger partial charge in [-0.1, -0.05) is 32.6 Å². The number of primary amides is 1. The summed E-state index contributed by atoms with van der Waals surface area (Å²) in [5.41, 5.74) is 5.23. The fourth-order valence-electron chi connectivity index (χ4n) is 1.49. The van der Waals surface area contributed by atoms with Gasteiger partial charge in [0.1, 0.15) is 12.6 Å². The highest BCUT2D eigenvalue weighted by Gasteiger charge is 2.17. The van der Waals surface area contributed by atoms with Crippen molar-refractivity contribution in [3.63, 3.8) is 0 Å². The minimum absolute atomic E-state index is 0.0186. The summed E-state index contributed by atoms with van der Waals surface area (Å²) in [4.78, 5) is 22.5. The molecule has 0 aromatic heterocycles. The predicted octanol–water partition coefficient (Wildman–Crippen LogP) is 0.963. The molecule has 0 aliphatic carbocycles. The highest BCUT2D eigenvalue weighted by atomic mass is 16.5. The fraction of sp³-hybridized carbons (Fsp3) is 0.833. The van der Waals surface area contributed by atoms with Gasteiger partial charge in [0.25, 0.3) is 0 Å². The Morgan fingerprint density at radius 2 is 1.94 bits per heavy atom. The topological polar surface area (TPSA) is 81.4 Å². The van der Waals surface area contributed by atoms with Crippen LogP contribution >= 0.6 is 0 Å². The first kappa shape index (κ1) is 15.9. The number of hydrogen-bond acceptors (Lipinski definition) is 3. The molecule has 0 saturated heterocycles. The van der Waals surface area contributed by atoms with E-state index in [0.29, 0.717) is 13.0 Å². The monoisotopic (exact) mass is 244 g/mol. The van der Waals surface area contributed by atoms with Crippen molar-refractivity contribution in [2.75, 3.05) is 13.2 Å². The molecule has 2 amide bonds. The number of carbonyl (C=O) groups is 2. The molecular formula is C12H24N2O3. The number of amides is 2. The SMILES string of the molecule is CCCCCC[C@@H](NC(=O)COCC)C(N)=O. The number of ether oxygens (including phenoxy) is 1. The zero-order valence-electron chi connectivity index (χ0n) is 10.8. The summed E-state index contributed by atoms with van der Waals surface area (Å²) in [7, 11) is 0. The van der Waals surface area contributed by atoms with Crippen molar-refractivity contribution in [3.8, 4) is 0 Å². The summed E-state index contributed by atoms with van der Waals surface area (Å²) in [6.45, 7) is 4.39. The lowest BCUT2D eigenvalue weighted by molar-refractivity contribution is -0.130. The molecule has 0 aromatic carbocycles. The van der Waals surface area contributed by atoms with Gasteiger partial charge in [-0.25, -0.2) is 0 Å². The van der Waals surface area contributed by atoms with E-state index in [4.69, 9.17) is 10.5 Å². The average Bonchev–Trinajstić information content (AvgIpc) is 2.30. The van der Waals surface area contributed by atoms with Crippen molar-refractivity contribution >= 4 is 11.8 Å². The molecule has 0 spiro atoms. The lowest BCUT2D eigenvalue weighted by Gasteiger charge is -2.15. The third kappa shape index (κ3) is 8.68. The molecule has 0 radical (unpaired) electrons. The van der Waals surface area contributed by atoms with Gasteiger partial charge >= 0.3 is 0 Å². The first-order valence-corrected chi connectivity index (χ1v) is 6.28. The fourth-order valence-corrected chi connectivity index (χ4v) is 1.49. The second kappa shape index (κ2) is 10.1. The molecular weight excluding hydrogens is 220 g/mol. The molecule has 0 bridgehead atoms. The Kier molecular flexibility index (Phi) is 9.43. The largest absolute Gasteiger partial charge is 0.372 e. The molecule has 0 rings (SSSR count). The molecule has 0 aliphatic rings. The quantitative estimate of drug-likeness (QED) is 0.562. The predicted molar refractivity (Wildman–Crippen MR) is 66.4 cm³/mol. The lowest BCUT2D eigenvalue weighted by Crippen LogP contribution is -2.45. The third-order valence-corrected chi connectivity index (χ3v) is 2.46. The molecule has 17 heavy (non-hydrogen) atoms. The van der Waals surface area contributed by atoms with E-state index < -0.39 is 11.9 Å². The number of hydrogen-bond donors (Lipinski definition) is 2. The molecule has 0 heterocycles. The molecule has 0 fully saturated rings. The van der Waals surface area contributed by atoms with E-state index in [-0.39, 0.29) is 12.5 Å². The standard InChI is InChI=1S/C12H24N2O3/c1-3-5-6-7-8-10(12(13)16)14-11(15)9-17-4-2/h10H,3-9H2,1-2H3,(H2,13,16)(H,14,15)/t10-/m1/s1. The number of nitrogens with one attached hydrogen (secondary N) is 1. The van der Waals surface area contributed by atoms with Crippen LogP contribution in [-0.2, 0) is 14.3 Å². The maximum Gasteiger partial charge on any atom is 0.246 e. The van der Waals surface area contributed by atoms with Crippen LogP contribution in [0.1, 0.15) is 46.0 Å². The average molecular weight is 244 g/mol. The van der Waals surface area contributed by atoms with Crippen LogP contribution in [0.25, 0.3) is 0 Å². The highest BCUT2D eigenvalue weighted by molar-refractivity contribution is 5.86. The van der Waals surface area contributed by atoms with Gasteiger partial charge in [0, 0.05) is 6.61 Å². The van der Waals surface area contributed by atoms with E-state index in [1.165, 1.54) is 0 Å². The van der Waals surface area contributed by atoms with Crippen LogP contribution in [0.5, 0.6) is 0 Å². The molecule has 0 unspecified atom stereocenters. The van der Waals surface area contributed by atoms with Gasteiger partial charge in [-0.3, -0.25) is 9.59 Å². The minimum atomic E-state index is -0.570. The van der Waals surface area contributed by atoms with Crippen LogP contribution in [0.15, 0.2) is 0 Å². The summed E-state index contributed by atoms with van der Waals surface area (Å²) < 4.78 is 4.95. The normalized spacial score (nSPS) is 12.1. The second-order valence-corrected chi connectivity index (χ2v) is 4.01. The van der Waals surface area contributed by atoms with Crippen LogP contribution in [-0.4, -0.2) is 31.1 Å². The Labute approximate surface area is 103 Å².